The van der Waals surface area contributed by atoms with E-state index in [9.17, 15) is 0 Å². The van der Waals surface area contributed by atoms with Gasteiger partial charge in [0.1, 0.15) is 5.65 Å². The highest BCUT2D eigenvalue weighted by molar-refractivity contribution is 5.83. The van der Waals surface area contributed by atoms with Crippen LogP contribution in [0, 0.1) is 26.0 Å². The van der Waals surface area contributed by atoms with Crippen LogP contribution in [0.5, 0.6) is 0 Å². The molecule has 0 fully saturated rings. The Balaban J connectivity index is 2.26. The van der Waals surface area contributed by atoms with Crippen LogP contribution in [0.15, 0.2) is 24.4 Å². The molecule has 3 nitrogen and oxygen atoms in total. The predicted molar refractivity (Wildman–Crippen MR) is 66.5 cm³/mol. The first-order valence-corrected chi connectivity index (χ1v) is 5.46. The Morgan fingerprint density at radius 3 is 2.82 bits per heavy atom. The highest BCUT2D eigenvalue weighted by Gasteiger charge is 2.09. The van der Waals surface area contributed by atoms with E-state index in [1.54, 1.807) is 0 Å². The number of aromatic nitrogens is 3. The number of nitrogens with one attached hydrogen (secondary N) is 1. The molecule has 0 radical (unpaired) electrons. The van der Waals surface area contributed by atoms with E-state index in [0.717, 1.165) is 28.1 Å². The molecule has 2 heterocycles. The highest BCUT2D eigenvalue weighted by atomic mass is 14.9. The second kappa shape index (κ2) is 3.60. The van der Waals surface area contributed by atoms with Gasteiger partial charge in [-0.2, -0.15) is 0 Å². The maximum Gasteiger partial charge on any atom is 0.162 e. The molecule has 2 aromatic heterocycles. The summed E-state index contributed by atoms with van der Waals surface area (Å²) in [6.07, 6.45) is 1.96. The van der Waals surface area contributed by atoms with Crippen LogP contribution in [-0.2, 0) is 0 Å². The average molecular weight is 221 g/mol. The van der Waals surface area contributed by atoms with Gasteiger partial charge >= 0.3 is 0 Å². The summed E-state index contributed by atoms with van der Waals surface area (Å²) in [6, 6.07) is 11.4. The number of aromatic amines is 1. The Morgan fingerprint density at radius 2 is 2.06 bits per heavy atom. The molecule has 0 spiro atoms. The predicted octanol–water partition coefficient (Wildman–Crippen LogP) is 2.84. The second-order valence-corrected chi connectivity index (χ2v) is 4.05. The van der Waals surface area contributed by atoms with Gasteiger partial charge in [0.25, 0.3) is 0 Å². The first-order chi connectivity index (χ1) is 8.25. The van der Waals surface area contributed by atoms with Crippen LogP contribution in [-0.4, -0.2) is 15.0 Å². The summed E-state index contributed by atoms with van der Waals surface area (Å²) in [5.74, 6) is 0.724. The van der Waals surface area contributed by atoms with E-state index in [1.165, 1.54) is 5.56 Å². The fourth-order valence-electron chi connectivity index (χ4n) is 2.01. The zero-order valence-electron chi connectivity index (χ0n) is 9.70. The molecule has 0 aliphatic rings. The molecule has 1 N–H and O–H groups in total. The standard InChI is InChI=1S/C14H11N3/c1-9-8-15-14-12(9)10(2)16-13(17-14)11-6-4-3-5-7-11/h4,6-8H,1-2H3,(H,15,16,17). The Labute approximate surface area is 99.5 Å². The molecule has 0 saturated heterocycles. The molecule has 0 aliphatic heterocycles. The molecule has 3 heteroatoms. The van der Waals surface area contributed by atoms with Gasteiger partial charge in [0, 0.05) is 17.1 Å². The molecule has 1 aromatic carbocycles. The van der Waals surface area contributed by atoms with Crippen LogP contribution in [0.2, 0.25) is 0 Å². The average Bonchev–Trinajstić information content (AvgIpc) is 2.73. The second-order valence-electron chi connectivity index (χ2n) is 4.05. The van der Waals surface area contributed by atoms with E-state index in [-0.39, 0.29) is 0 Å². The maximum absolute atomic E-state index is 4.54. The van der Waals surface area contributed by atoms with E-state index >= 15 is 0 Å². The van der Waals surface area contributed by atoms with Crippen LogP contribution in [0.1, 0.15) is 11.3 Å². The quantitative estimate of drug-likeness (QED) is 0.686. The van der Waals surface area contributed by atoms with E-state index in [0.29, 0.717) is 0 Å². The van der Waals surface area contributed by atoms with Crippen molar-refractivity contribution in [2.45, 2.75) is 13.8 Å². The SMILES string of the molecule is Cc1c[nH]c2nc(-c3cc#ccc3)nc(C)c12. The van der Waals surface area contributed by atoms with Crippen molar-refractivity contribution in [3.05, 3.63) is 47.8 Å². The monoisotopic (exact) mass is 221 g/mol. The fourth-order valence-corrected chi connectivity index (χ4v) is 2.01. The minimum absolute atomic E-state index is 0.724. The summed E-state index contributed by atoms with van der Waals surface area (Å²) in [5.41, 5.74) is 4.02. The Morgan fingerprint density at radius 1 is 1.18 bits per heavy atom. The normalized spacial score (nSPS) is 10.5. The highest BCUT2D eigenvalue weighted by Crippen LogP contribution is 2.22. The lowest BCUT2D eigenvalue weighted by Crippen LogP contribution is -1.93. The first-order valence-electron chi connectivity index (χ1n) is 5.46. The van der Waals surface area contributed by atoms with Gasteiger partial charge in [0.05, 0.1) is 5.69 Å². The first kappa shape index (κ1) is 9.86. The minimum Gasteiger partial charge on any atom is -0.346 e. The van der Waals surface area contributed by atoms with Gasteiger partial charge in [-0.15, -0.1) is 0 Å². The molecule has 0 aliphatic carbocycles. The van der Waals surface area contributed by atoms with Gasteiger partial charge in [-0.3, -0.25) is 0 Å². The van der Waals surface area contributed by atoms with Gasteiger partial charge in [-0.05, 0) is 37.6 Å². The number of hydrogen-bond acceptors (Lipinski definition) is 2. The van der Waals surface area contributed by atoms with Crippen LogP contribution in [0.4, 0.5) is 0 Å². The molecule has 0 amide bonds. The van der Waals surface area contributed by atoms with Crippen molar-refractivity contribution in [1.29, 1.82) is 0 Å². The summed E-state index contributed by atoms with van der Waals surface area (Å²) in [7, 11) is 0. The molecule has 0 bridgehead atoms. The Kier molecular flexibility index (Phi) is 2.09. The molecule has 0 saturated carbocycles. The van der Waals surface area contributed by atoms with Crippen molar-refractivity contribution in [2.75, 3.05) is 0 Å². The van der Waals surface area contributed by atoms with Crippen molar-refractivity contribution in [3.8, 4) is 11.4 Å². The number of fused-ring (bicyclic) bond motifs is 1. The lowest BCUT2D eigenvalue weighted by Gasteiger charge is -2.02. The van der Waals surface area contributed by atoms with Crippen molar-refractivity contribution in [1.82, 2.24) is 15.0 Å². The van der Waals surface area contributed by atoms with E-state index in [4.69, 9.17) is 0 Å². The summed E-state index contributed by atoms with van der Waals surface area (Å²) in [4.78, 5) is 12.2. The number of aryl methyl sites for hydroxylation is 2. The lowest BCUT2D eigenvalue weighted by atomic mass is 10.2. The fraction of sp³-hybridized carbons (Fsp3) is 0.143. The van der Waals surface area contributed by atoms with Crippen molar-refractivity contribution >= 4 is 11.0 Å². The summed E-state index contributed by atoms with van der Waals surface area (Å²) in [5, 5.41) is 1.11. The smallest absolute Gasteiger partial charge is 0.162 e. The van der Waals surface area contributed by atoms with Gasteiger partial charge < -0.3 is 4.98 Å². The van der Waals surface area contributed by atoms with Crippen molar-refractivity contribution < 1.29 is 0 Å². The summed E-state index contributed by atoms with van der Waals surface area (Å²) >= 11 is 0. The Bertz CT molecular complexity index is 669. The third kappa shape index (κ3) is 1.55. The molecule has 3 aromatic rings. The van der Waals surface area contributed by atoms with E-state index in [2.05, 4.69) is 34.0 Å². The van der Waals surface area contributed by atoms with Crippen molar-refractivity contribution in [3.63, 3.8) is 0 Å². The topological polar surface area (TPSA) is 41.6 Å². The van der Waals surface area contributed by atoms with E-state index < -0.39 is 0 Å². The number of nitrogens with zero attached hydrogens (tertiary/aromatic N) is 2. The molecule has 82 valence electrons. The van der Waals surface area contributed by atoms with E-state index in [1.807, 2.05) is 31.3 Å². The third-order valence-corrected chi connectivity index (χ3v) is 2.83. The molecule has 0 atom stereocenters. The summed E-state index contributed by atoms with van der Waals surface area (Å²) < 4.78 is 0. The minimum atomic E-state index is 0.724. The third-order valence-electron chi connectivity index (χ3n) is 2.83. The van der Waals surface area contributed by atoms with Gasteiger partial charge in [-0.25, -0.2) is 9.97 Å². The van der Waals surface area contributed by atoms with Gasteiger partial charge in [-0.1, -0.05) is 12.1 Å². The van der Waals surface area contributed by atoms with Crippen molar-refractivity contribution in [2.24, 2.45) is 0 Å². The van der Waals surface area contributed by atoms with Crippen LogP contribution in [0.3, 0.4) is 0 Å². The Hall–Kier alpha value is -2.34. The number of H-pyrrole nitrogens is 1. The lowest BCUT2D eigenvalue weighted by molar-refractivity contribution is 1.15. The summed E-state index contributed by atoms with van der Waals surface area (Å²) in [6.45, 7) is 4.06. The van der Waals surface area contributed by atoms with Gasteiger partial charge in [0.15, 0.2) is 5.82 Å². The van der Waals surface area contributed by atoms with Crippen LogP contribution in [0.25, 0.3) is 22.4 Å². The zero-order chi connectivity index (χ0) is 11.8. The number of rotatable bonds is 1. The molecule has 17 heavy (non-hydrogen) atoms. The largest absolute Gasteiger partial charge is 0.346 e. The van der Waals surface area contributed by atoms with Crippen LogP contribution < -0.4 is 0 Å². The number of hydrogen-bond donors (Lipinski definition) is 1. The molecule has 0 unspecified atom stereocenters. The molecule has 3 rings (SSSR count). The zero-order valence-corrected chi connectivity index (χ0v) is 9.70. The maximum atomic E-state index is 4.54. The molecular weight excluding hydrogens is 210 g/mol. The molecular formula is C14H11N3. The van der Waals surface area contributed by atoms with Gasteiger partial charge in [0.2, 0.25) is 0 Å². The van der Waals surface area contributed by atoms with Crippen LogP contribution >= 0.6 is 0 Å².